The zero-order chi connectivity index (χ0) is 18.1. The number of rotatable bonds is 2. The molecule has 134 valence electrons. The molecule has 3 heterocycles. The van der Waals surface area contributed by atoms with Crippen LogP contribution in [0.25, 0.3) is 22.3 Å². The number of aromatic hydroxyl groups is 1. The summed E-state index contributed by atoms with van der Waals surface area (Å²) in [5, 5.41) is 20.1. The van der Waals surface area contributed by atoms with Gasteiger partial charge < -0.3 is 14.9 Å². The summed E-state index contributed by atoms with van der Waals surface area (Å²) in [6.07, 6.45) is 0. The number of H-pyrrole nitrogens is 1. The van der Waals surface area contributed by atoms with Crippen LogP contribution in [0.4, 0.5) is 10.6 Å². The molecule has 2 amide bonds. The second kappa shape index (κ2) is 6.64. The summed E-state index contributed by atoms with van der Waals surface area (Å²) in [6.45, 7) is 3.14. The molecule has 0 spiro atoms. The number of fused-ring (bicyclic) bond motifs is 1. The molecule has 0 atom stereocenters. The predicted molar refractivity (Wildman–Crippen MR) is 99.1 cm³/mol. The summed E-state index contributed by atoms with van der Waals surface area (Å²) in [4.78, 5) is 21.0. The molecule has 0 radical (unpaired) electrons. The van der Waals surface area contributed by atoms with E-state index < -0.39 is 0 Å². The van der Waals surface area contributed by atoms with E-state index in [1.54, 1.807) is 29.2 Å². The Balaban J connectivity index is 1.54. The number of aromatic amines is 1. The van der Waals surface area contributed by atoms with Crippen LogP contribution in [-0.4, -0.2) is 69.3 Å². The van der Waals surface area contributed by atoms with Crippen LogP contribution in [0.5, 0.6) is 5.75 Å². The topological polar surface area (TPSA) is 97.4 Å². The van der Waals surface area contributed by atoms with Gasteiger partial charge in [-0.05, 0) is 43.4 Å². The van der Waals surface area contributed by atoms with Gasteiger partial charge in [-0.15, -0.1) is 0 Å². The average Bonchev–Trinajstić information content (AvgIpc) is 3.05. The molecular formula is C18H20N6O2. The van der Waals surface area contributed by atoms with Crippen LogP contribution in [0.2, 0.25) is 0 Å². The number of carbonyl (C=O) groups excluding carboxylic acids is 1. The smallest absolute Gasteiger partial charge is 0.323 e. The van der Waals surface area contributed by atoms with Crippen LogP contribution in [0.1, 0.15) is 0 Å². The molecule has 1 fully saturated rings. The fraction of sp³-hybridized carbons (Fsp3) is 0.278. The van der Waals surface area contributed by atoms with E-state index in [2.05, 4.69) is 25.4 Å². The number of carbonyl (C=O) groups is 1. The van der Waals surface area contributed by atoms with Gasteiger partial charge in [0.05, 0.1) is 11.1 Å². The van der Waals surface area contributed by atoms with Crippen LogP contribution in [-0.2, 0) is 0 Å². The van der Waals surface area contributed by atoms with Gasteiger partial charge in [-0.1, -0.05) is 0 Å². The molecular weight excluding hydrogens is 332 g/mol. The van der Waals surface area contributed by atoms with Crippen molar-refractivity contribution in [2.75, 3.05) is 38.5 Å². The molecule has 1 aliphatic heterocycles. The number of nitrogens with zero attached hydrogens (tertiary/aromatic N) is 4. The molecule has 8 heteroatoms. The van der Waals surface area contributed by atoms with Crippen molar-refractivity contribution in [1.82, 2.24) is 25.0 Å². The molecule has 8 nitrogen and oxygen atoms in total. The maximum absolute atomic E-state index is 12.4. The van der Waals surface area contributed by atoms with Crippen molar-refractivity contribution >= 4 is 22.9 Å². The molecule has 26 heavy (non-hydrogen) atoms. The van der Waals surface area contributed by atoms with Crippen LogP contribution < -0.4 is 5.32 Å². The molecule has 3 N–H and O–H groups in total. The van der Waals surface area contributed by atoms with E-state index in [1.165, 1.54) is 0 Å². The summed E-state index contributed by atoms with van der Waals surface area (Å²) < 4.78 is 0. The number of phenols is 1. The van der Waals surface area contributed by atoms with Crippen molar-refractivity contribution in [2.45, 2.75) is 0 Å². The summed E-state index contributed by atoms with van der Waals surface area (Å²) in [5.74, 6) is 0.693. The Hall–Kier alpha value is -3.13. The highest BCUT2D eigenvalue weighted by Gasteiger charge is 2.20. The quantitative estimate of drug-likeness (QED) is 0.656. The third-order valence-electron chi connectivity index (χ3n) is 4.60. The Morgan fingerprint density at radius 1 is 1.12 bits per heavy atom. The molecule has 0 bridgehead atoms. The lowest BCUT2D eigenvalue weighted by Gasteiger charge is -2.32. The number of hydrogen-bond donors (Lipinski definition) is 3. The first-order valence-corrected chi connectivity index (χ1v) is 8.49. The minimum Gasteiger partial charge on any atom is -0.508 e. The van der Waals surface area contributed by atoms with Crippen molar-refractivity contribution < 1.29 is 9.90 Å². The highest BCUT2D eigenvalue weighted by Crippen LogP contribution is 2.25. The maximum Gasteiger partial charge on any atom is 0.323 e. The minimum absolute atomic E-state index is 0.144. The Kier molecular flexibility index (Phi) is 4.18. The van der Waals surface area contributed by atoms with Crippen LogP contribution >= 0.6 is 0 Å². The fourth-order valence-corrected chi connectivity index (χ4v) is 2.98. The summed E-state index contributed by atoms with van der Waals surface area (Å²) >= 11 is 0. The van der Waals surface area contributed by atoms with Crippen LogP contribution in [0.15, 0.2) is 36.4 Å². The number of urea groups is 1. The fourth-order valence-electron chi connectivity index (χ4n) is 2.98. The number of pyridine rings is 1. The Bertz CT molecular complexity index is 929. The molecule has 0 aliphatic carbocycles. The minimum atomic E-state index is -0.144. The molecule has 3 aromatic rings. The summed E-state index contributed by atoms with van der Waals surface area (Å²) in [6, 6.07) is 10.5. The van der Waals surface area contributed by atoms with Crippen molar-refractivity contribution in [3.8, 4) is 17.0 Å². The Morgan fingerprint density at radius 2 is 1.85 bits per heavy atom. The lowest BCUT2D eigenvalue weighted by Crippen LogP contribution is -2.48. The van der Waals surface area contributed by atoms with E-state index in [1.807, 2.05) is 19.2 Å². The summed E-state index contributed by atoms with van der Waals surface area (Å²) in [7, 11) is 2.05. The second-order valence-electron chi connectivity index (χ2n) is 6.43. The molecule has 0 unspecified atom stereocenters. The van der Waals surface area contributed by atoms with Gasteiger partial charge in [0, 0.05) is 31.7 Å². The molecule has 0 saturated carbocycles. The lowest BCUT2D eigenvalue weighted by atomic mass is 10.1. The van der Waals surface area contributed by atoms with Gasteiger partial charge in [0.2, 0.25) is 0 Å². The zero-order valence-corrected chi connectivity index (χ0v) is 14.4. The maximum atomic E-state index is 12.4. The highest BCUT2D eigenvalue weighted by molar-refractivity contribution is 5.98. The number of hydrogen-bond acceptors (Lipinski definition) is 5. The lowest BCUT2D eigenvalue weighted by molar-refractivity contribution is 0.164. The van der Waals surface area contributed by atoms with E-state index in [-0.39, 0.29) is 11.8 Å². The van der Waals surface area contributed by atoms with Gasteiger partial charge in [0.15, 0.2) is 11.5 Å². The highest BCUT2D eigenvalue weighted by atomic mass is 16.3. The normalized spacial score (nSPS) is 15.3. The van der Waals surface area contributed by atoms with Gasteiger partial charge >= 0.3 is 6.03 Å². The van der Waals surface area contributed by atoms with Crippen molar-refractivity contribution in [3.05, 3.63) is 36.4 Å². The largest absolute Gasteiger partial charge is 0.508 e. The number of piperazine rings is 1. The molecule has 1 aliphatic rings. The van der Waals surface area contributed by atoms with Gasteiger partial charge in [-0.3, -0.25) is 10.4 Å². The third kappa shape index (κ3) is 3.18. The number of anilines is 1. The monoisotopic (exact) mass is 352 g/mol. The third-order valence-corrected chi connectivity index (χ3v) is 4.60. The molecule has 1 saturated heterocycles. The standard InChI is InChI=1S/C18H20N6O2/c1-23-8-10-24(11-9-23)18(26)20-17-14-6-7-15(19-16(14)21-22-17)12-2-4-13(25)5-3-12/h2-7,25H,8-11H2,1H3,(H2,19,20,21,22,26). The van der Waals surface area contributed by atoms with Gasteiger partial charge in [-0.2, -0.15) is 5.10 Å². The number of amides is 2. The van der Waals surface area contributed by atoms with E-state index >= 15 is 0 Å². The first-order valence-electron chi connectivity index (χ1n) is 8.49. The van der Waals surface area contributed by atoms with Gasteiger partial charge in [0.25, 0.3) is 0 Å². The number of nitrogens with one attached hydrogen (secondary N) is 2. The van der Waals surface area contributed by atoms with Crippen molar-refractivity contribution in [1.29, 1.82) is 0 Å². The first kappa shape index (κ1) is 16.3. The van der Waals surface area contributed by atoms with E-state index in [0.717, 1.165) is 29.7 Å². The Morgan fingerprint density at radius 3 is 2.58 bits per heavy atom. The number of aromatic nitrogens is 3. The van der Waals surface area contributed by atoms with E-state index in [0.29, 0.717) is 24.6 Å². The number of benzene rings is 1. The van der Waals surface area contributed by atoms with Gasteiger partial charge in [0.1, 0.15) is 5.75 Å². The molecule has 2 aromatic heterocycles. The predicted octanol–water partition coefficient (Wildman–Crippen LogP) is 2.11. The average molecular weight is 352 g/mol. The first-order chi connectivity index (χ1) is 12.6. The molecule has 4 rings (SSSR count). The number of phenolic OH excluding ortho intramolecular Hbond substituents is 1. The van der Waals surface area contributed by atoms with E-state index in [9.17, 15) is 9.90 Å². The Labute approximate surface area is 150 Å². The van der Waals surface area contributed by atoms with Crippen molar-refractivity contribution in [2.24, 2.45) is 0 Å². The molecule has 1 aromatic carbocycles. The van der Waals surface area contributed by atoms with E-state index in [4.69, 9.17) is 0 Å². The van der Waals surface area contributed by atoms with Crippen molar-refractivity contribution in [3.63, 3.8) is 0 Å². The van der Waals surface area contributed by atoms with Crippen LogP contribution in [0, 0.1) is 0 Å². The zero-order valence-electron chi connectivity index (χ0n) is 14.4. The SMILES string of the molecule is CN1CCN(C(=O)Nc2n[nH]c3nc(-c4ccc(O)cc4)ccc23)CC1. The van der Waals surface area contributed by atoms with Crippen LogP contribution in [0.3, 0.4) is 0 Å². The second-order valence-corrected chi connectivity index (χ2v) is 6.43. The summed E-state index contributed by atoms with van der Waals surface area (Å²) in [5.41, 5.74) is 2.25. The van der Waals surface area contributed by atoms with Gasteiger partial charge in [-0.25, -0.2) is 9.78 Å². The number of likely N-dealkylation sites (N-methyl/N-ethyl adjacent to an activating group) is 1.